The Morgan fingerprint density at radius 1 is 1.33 bits per heavy atom. The summed E-state index contributed by atoms with van der Waals surface area (Å²) in [5.74, 6) is 0.115. The molecule has 0 radical (unpaired) electrons. The van der Waals surface area contributed by atoms with E-state index < -0.39 is 0 Å². The molecule has 1 fully saturated rings. The fraction of sp³-hybridized carbons (Fsp3) is 0.750. The molecule has 1 aliphatic carbocycles. The van der Waals surface area contributed by atoms with Gasteiger partial charge >= 0.3 is 0 Å². The third-order valence-electron chi connectivity index (χ3n) is 4.15. The van der Waals surface area contributed by atoms with Crippen molar-refractivity contribution in [1.82, 2.24) is 20.4 Å². The van der Waals surface area contributed by atoms with Crippen molar-refractivity contribution in [2.75, 3.05) is 6.54 Å². The van der Waals surface area contributed by atoms with Gasteiger partial charge in [-0.1, -0.05) is 32.6 Å². The number of hydrogen-bond donors (Lipinski definition) is 2. The Bertz CT molecular complexity index is 447. The molecule has 0 bridgehead atoms. The number of aryl methyl sites for hydroxylation is 2. The van der Waals surface area contributed by atoms with E-state index in [0.29, 0.717) is 19.1 Å². The zero-order valence-electron chi connectivity index (χ0n) is 13.3. The van der Waals surface area contributed by atoms with E-state index in [4.69, 9.17) is 0 Å². The van der Waals surface area contributed by atoms with Crippen LogP contribution in [-0.4, -0.2) is 28.3 Å². The summed E-state index contributed by atoms with van der Waals surface area (Å²) in [6.07, 6.45) is 10.3. The fourth-order valence-electron chi connectivity index (χ4n) is 3.04. The predicted molar refractivity (Wildman–Crippen MR) is 83.9 cm³/mol. The second-order valence-corrected chi connectivity index (χ2v) is 5.99. The van der Waals surface area contributed by atoms with Crippen LogP contribution in [-0.2, 0) is 24.8 Å². The van der Waals surface area contributed by atoms with Crippen LogP contribution in [0.1, 0.15) is 56.7 Å². The molecule has 1 amide bonds. The molecule has 1 aromatic heterocycles. The van der Waals surface area contributed by atoms with Crippen LogP contribution in [0.5, 0.6) is 0 Å². The molecular formula is C16H28N4O. The predicted octanol–water partition coefficient (Wildman–Crippen LogP) is 1.91. The van der Waals surface area contributed by atoms with Gasteiger partial charge in [0.1, 0.15) is 0 Å². The van der Waals surface area contributed by atoms with E-state index in [1.165, 1.54) is 31.2 Å². The van der Waals surface area contributed by atoms with Crippen molar-refractivity contribution in [1.29, 1.82) is 0 Å². The molecule has 1 aromatic rings. The first-order chi connectivity index (χ1) is 10.2. The minimum absolute atomic E-state index is 0.115. The lowest BCUT2D eigenvalue weighted by atomic mass is 10.1. The molecule has 0 spiro atoms. The molecule has 1 aliphatic rings. The van der Waals surface area contributed by atoms with E-state index in [0.717, 1.165) is 25.0 Å². The Balaban J connectivity index is 1.71. The number of carbonyl (C=O) groups excluding carboxylic acids is 1. The summed E-state index contributed by atoms with van der Waals surface area (Å²) in [6, 6.07) is 0.381. The number of hydrogen-bond acceptors (Lipinski definition) is 3. The van der Waals surface area contributed by atoms with Crippen LogP contribution < -0.4 is 10.6 Å². The Morgan fingerprint density at radius 3 is 2.71 bits per heavy atom. The molecule has 2 rings (SSSR count). The van der Waals surface area contributed by atoms with Gasteiger partial charge in [-0.2, -0.15) is 5.10 Å². The first kappa shape index (κ1) is 16.0. The fourth-order valence-corrected chi connectivity index (χ4v) is 3.04. The van der Waals surface area contributed by atoms with E-state index in [9.17, 15) is 4.79 Å². The van der Waals surface area contributed by atoms with Gasteiger partial charge in [0.05, 0.1) is 12.2 Å². The molecule has 21 heavy (non-hydrogen) atoms. The number of nitrogens with one attached hydrogen (secondary N) is 2. The van der Waals surface area contributed by atoms with Crippen LogP contribution in [0.15, 0.2) is 6.20 Å². The van der Waals surface area contributed by atoms with Gasteiger partial charge in [-0.05, 0) is 19.3 Å². The Morgan fingerprint density at radius 2 is 2.05 bits per heavy atom. The normalized spacial score (nSPS) is 16.7. The quantitative estimate of drug-likeness (QED) is 0.788. The Hall–Kier alpha value is -1.36. The molecule has 1 saturated carbocycles. The summed E-state index contributed by atoms with van der Waals surface area (Å²) < 4.78 is 1.83. The summed E-state index contributed by atoms with van der Waals surface area (Å²) in [7, 11) is 1.93. The van der Waals surface area contributed by atoms with Crippen molar-refractivity contribution in [3.05, 3.63) is 17.5 Å². The van der Waals surface area contributed by atoms with Gasteiger partial charge < -0.3 is 10.6 Å². The maximum atomic E-state index is 12.0. The van der Waals surface area contributed by atoms with Crippen LogP contribution in [0.3, 0.4) is 0 Å². The van der Waals surface area contributed by atoms with Gasteiger partial charge in [-0.3, -0.25) is 9.48 Å². The van der Waals surface area contributed by atoms with Crippen LogP contribution in [0.2, 0.25) is 0 Å². The Kier molecular flexibility index (Phi) is 6.23. The third kappa shape index (κ3) is 5.16. The highest BCUT2D eigenvalue weighted by Gasteiger charge is 2.14. The van der Waals surface area contributed by atoms with Gasteiger partial charge in [0.15, 0.2) is 0 Å². The van der Waals surface area contributed by atoms with Crippen molar-refractivity contribution in [2.24, 2.45) is 7.05 Å². The van der Waals surface area contributed by atoms with E-state index in [-0.39, 0.29) is 5.91 Å². The maximum Gasteiger partial charge on any atom is 0.234 e. The largest absolute Gasteiger partial charge is 0.352 e. The highest BCUT2D eigenvalue weighted by molar-refractivity contribution is 5.78. The molecule has 118 valence electrons. The lowest BCUT2D eigenvalue weighted by molar-refractivity contribution is -0.121. The molecule has 0 unspecified atom stereocenters. The van der Waals surface area contributed by atoms with Gasteiger partial charge in [-0.25, -0.2) is 0 Å². The van der Waals surface area contributed by atoms with Gasteiger partial charge in [-0.15, -0.1) is 0 Å². The Labute approximate surface area is 127 Å². The minimum atomic E-state index is 0.115. The number of carbonyl (C=O) groups is 1. The average Bonchev–Trinajstić information content (AvgIpc) is 2.65. The topological polar surface area (TPSA) is 59.0 Å². The lowest BCUT2D eigenvalue weighted by Crippen LogP contribution is -2.40. The van der Waals surface area contributed by atoms with E-state index in [1.54, 1.807) is 0 Å². The second kappa shape index (κ2) is 8.17. The van der Waals surface area contributed by atoms with Crippen molar-refractivity contribution >= 4 is 5.91 Å². The maximum absolute atomic E-state index is 12.0. The SMILES string of the molecule is CCc1nn(C)cc1CNCC(=O)NC1CCCCCC1. The van der Waals surface area contributed by atoms with Crippen LogP contribution in [0.25, 0.3) is 0 Å². The smallest absolute Gasteiger partial charge is 0.234 e. The molecule has 0 aliphatic heterocycles. The molecule has 5 heteroatoms. The number of nitrogens with zero attached hydrogens (tertiary/aromatic N) is 2. The first-order valence-corrected chi connectivity index (χ1v) is 8.20. The van der Waals surface area contributed by atoms with Gasteiger partial charge in [0.25, 0.3) is 0 Å². The number of amides is 1. The van der Waals surface area contributed by atoms with Crippen LogP contribution >= 0.6 is 0 Å². The molecule has 2 N–H and O–H groups in total. The lowest BCUT2D eigenvalue weighted by Gasteiger charge is -2.16. The summed E-state index contributed by atoms with van der Waals surface area (Å²) in [5, 5.41) is 10.8. The summed E-state index contributed by atoms with van der Waals surface area (Å²) >= 11 is 0. The summed E-state index contributed by atoms with van der Waals surface area (Å²) in [6.45, 7) is 3.19. The van der Waals surface area contributed by atoms with E-state index in [2.05, 4.69) is 22.7 Å². The van der Waals surface area contributed by atoms with Crippen LogP contribution in [0, 0.1) is 0 Å². The first-order valence-electron chi connectivity index (χ1n) is 8.20. The summed E-state index contributed by atoms with van der Waals surface area (Å²) in [5.41, 5.74) is 2.29. The third-order valence-corrected chi connectivity index (χ3v) is 4.15. The number of rotatable bonds is 6. The highest BCUT2D eigenvalue weighted by Crippen LogP contribution is 2.17. The molecular weight excluding hydrogens is 264 g/mol. The molecule has 0 atom stereocenters. The van der Waals surface area contributed by atoms with Gasteiger partial charge in [0.2, 0.25) is 5.91 Å². The average molecular weight is 292 g/mol. The molecule has 0 saturated heterocycles. The second-order valence-electron chi connectivity index (χ2n) is 5.99. The molecule has 0 aromatic carbocycles. The zero-order valence-corrected chi connectivity index (χ0v) is 13.3. The van der Waals surface area contributed by atoms with Crippen molar-refractivity contribution in [3.8, 4) is 0 Å². The summed E-state index contributed by atoms with van der Waals surface area (Å²) in [4.78, 5) is 12.0. The minimum Gasteiger partial charge on any atom is -0.352 e. The standard InChI is InChI=1S/C16H28N4O/c1-3-15-13(12-20(2)19-15)10-17-11-16(21)18-14-8-6-4-5-7-9-14/h12,14,17H,3-11H2,1-2H3,(H,18,21). The van der Waals surface area contributed by atoms with Gasteiger partial charge in [0, 0.05) is 31.4 Å². The van der Waals surface area contributed by atoms with E-state index in [1.807, 2.05) is 17.9 Å². The monoisotopic (exact) mass is 292 g/mol. The molecule has 1 heterocycles. The molecule has 5 nitrogen and oxygen atoms in total. The van der Waals surface area contributed by atoms with Crippen LogP contribution in [0.4, 0.5) is 0 Å². The zero-order chi connectivity index (χ0) is 15.1. The van der Waals surface area contributed by atoms with Crippen molar-refractivity contribution in [2.45, 2.75) is 64.5 Å². The number of aromatic nitrogens is 2. The highest BCUT2D eigenvalue weighted by atomic mass is 16.1. The van der Waals surface area contributed by atoms with E-state index >= 15 is 0 Å². The van der Waals surface area contributed by atoms with Crippen molar-refractivity contribution in [3.63, 3.8) is 0 Å². The van der Waals surface area contributed by atoms with Crippen molar-refractivity contribution < 1.29 is 4.79 Å².